The Kier molecular flexibility index (Phi) is 3.69. The molecule has 3 aromatic rings. The molecule has 3 nitrogen and oxygen atoms in total. The van der Waals surface area contributed by atoms with Gasteiger partial charge in [-0.1, -0.05) is 29.3 Å². The number of rotatable bonds is 2. The Balaban J connectivity index is 2.27. The van der Waals surface area contributed by atoms with Crippen molar-refractivity contribution in [3.8, 4) is 21.7 Å². The Morgan fingerprint density at radius 1 is 1.14 bits per heavy atom. The van der Waals surface area contributed by atoms with E-state index in [-0.39, 0.29) is 0 Å². The predicted molar refractivity (Wildman–Crippen MR) is 91.2 cm³/mol. The SMILES string of the molecule is Cc1cc(-c2[nH]nc(N)c2-c2c(Cl)cccc2Cl)sc1C. The number of anilines is 1. The molecule has 0 amide bonds. The Bertz CT molecular complexity index is 781. The maximum absolute atomic E-state index is 6.31. The highest BCUT2D eigenvalue weighted by atomic mass is 35.5. The largest absolute Gasteiger partial charge is 0.382 e. The normalized spacial score (nSPS) is 11.0. The van der Waals surface area contributed by atoms with Crippen molar-refractivity contribution < 1.29 is 0 Å². The zero-order chi connectivity index (χ0) is 15.1. The van der Waals surface area contributed by atoms with Gasteiger partial charge in [0.2, 0.25) is 0 Å². The first kappa shape index (κ1) is 14.4. The quantitative estimate of drug-likeness (QED) is 0.665. The van der Waals surface area contributed by atoms with Crippen molar-refractivity contribution in [2.24, 2.45) is 0 Å². The van der Waals surface area contributed by atoms with Gasteiger partial charge in [-0.3, -0.25) is 5.10 Å². The van der Waals surface area contributed by atoms with E-state index in [1.165, 1.54) is 10.4 Å². The number of thiophene rings is 1. The molecule has 21 heavy (non-hydrogen) atoms. The minimum Gasteiger partial charge on any atom is -0.382 e. The van der Waals surface area contributed by atoms with E-state index in [0.717, 1.165) is 16.1 Å². The minimum atomic E-state index is 0.392. The number of aryl methyl sites for hydroxylation is 2. The lowest BCUT2D eigenvalue weighted by Gasteiger charge is -2.07. The topological polar surface area (TPSA) is 54.7 Å². The van der Waals surface area contributed by atoms with Crippen LogP contribution < -0.4 is 5.73 Å². The maximum Gasteiger partial charge on any atom is 0.153 e. The molecule has 0 aliphatic heterocycles. The number of H-pyrrole nitrogens is 1. The highest BCUT2D eigenvalue weighted by Crippen LogP contribution is 2.44. The smallest absolute Gasteiger partial charge is 0.153 e. The number of nitrogens with one attached hydrogen (secondary N) is 1. The predicted octanol–water partition coefficient (Wildman–Crippen LogP) is 5.31. The molecule has 0 saturated heterocycles. The third-order valence-corrected chi connectivity index (χ3v) is 5.22. The Morgan fingerprint density at radius 2 is 1.81 bits per heavy atom. The van der Waals surface area contributed by atoms with E-state index in [2.05, 4.69) is 30.1 Å². The number of hydrogen-bond donors (Lipinski definition) is 2. The van der Waals surface area contributed by atoms with E-state index in [4.69, 9.17) is 28.9 Å². The summed E-state index contributed by atoms with van der Waals surface area (Å²) in [6, 6.07) is 7.51. The van der Waals surface area contributed by atoms with E-state index < -0.39 is 0 Å². The average molecular weight is 338 g/mol. The van der Waals surface area contributed by atoms with Crippen LogP contribution in [0.1, 0.15) is 10.4 Å². The van der Waals surface area contributed by atoms with Crippen LogP contribution in [0.3, 0.4) is 0 Å². The van der Waals surface area contributed by atoms with Gasteiger partial charge < -0.3 is 5.73 Å². The van der Waals surface area contributed by atoms with Gasteiger partial charge in [0.25, 0.3) is 0 Å². The van der Waals surface area contributed by atoms with Crippen molar-refractivity contribution in [3.05, 3.63) is 44.8 Å². The standard InChI is InChI=1S/C15H13Cl2N3S/c1-7-6-11(21-8(7)2)14-13(15(18)20-19-14)12-9(16)4-3-5-10(12)17/h3-6H,1-2H3,(H3,18,19,20). The van der Waals surface area contributed by atoms with E-state index in [9.17, 15) is 0 Å². The summed E-state index contributed by atoms with van der Waals surface area (Å²) in [5.41, 5.74) is 9.59. The Hall–Kier alpha value is -1.49. The monoisotopic (exact) mass is 337 g/mol. The van der Waals surface area contributed by atoms with Crippen LogP contribution in [-0.2, 0) is 0 Å². The van der Waals surface area contributed by atoms with Crippen LogP contribution >= 0.6 is 34.5 Å². The summed E-state index contributed by atoms with van der Waals surface area (Å²) in [5, 5.41) is 8.25. The summed E-state index contributed by atoms with van der Waals surface area (Å²) in [7, 11) is 0. The van der Waals surface area contributed by atoms with Gasteiger partial charge in [-0.05, 0) is 37.6 Å². The molecule has 3 rings (SSSR count). The van der Waals surface area contributed by atoms with Crippen molar-refractivity contribution in [1.29, 1.82) is 0 Å². The highest BCUT2D eigenvalue weighted by Gasteiger charge is 2.21. The van der Waals surface area contributed by atoms with Gasteiger partial charge in [-0.2, -0.15) is 5.10 Å². The van der Waals surface area contributed by atoms with Gasteiger partial charge >= 0.3 is 0 Å². The van der Waals surface area contributed by atoms with E-state index >= 15 is 0 Å². The number of nitrogens with zero attached hydrogens (tertiary/aromatic N) is 1. The molecule has 0 bridgehead atoms. The fourth-order valence-corrected chi connectivity index (χ4v) is 3.84. The van der Waals surface area contributed by atoms with Crippen LogP contribution in [0.15, 0.2) is 24.3 Å². The van der Waals surface area contributed by atoms with Crippen LogP contribution in [0.5, 0.6) is 0 Å². The van der Waals surface area contributed by atoms with Crippen molar-refractivity contribution in [2.75, 3.05) is 5.73 Å². The lowest BCUT2D eigenvalue weighted by molar-refractivity contribution is 1.11. The summed E-state index contributed by atoms with van der Waals surface area (Å²) < 4.78 is 0. The van der Waals surface area contributed by atoms with Crippen molar-refractivity contribution in [1.82, 2.24) is 10.2 Å². The van der Waals surface area contributed by atoms with Gasteiger partial charge in [0.05, 0.1) is 26.2 Å². The lowest BCUT2D eigenvalue weighted by Crippen LogP contribution is -1.90. The van der Waals surface area contributed by atoms with Crippen LogP contribution in [0.25, 0.3) is 21.7 Å². The van der Waals surface area contributed by atoms with Gasteiger partial charge in [0.15, 0.2) is 5.82 Å². The van der Waals surface area contributed by atoms with E-state index in [1.807, 2.05) is 6.07 Å². The summed E-state index contributed by atoms with van der Waals surface area (Å²) in [4.78, 5) is 2.33. The minimum absolute atomic E-state index is 0.392. The molecule has 0 spiro atoms. The molecule has 0 aliphatic carbocycles. The Labute approximate surface area is 136 Å². The average Bonchev–Trinajstić information content (AvgIpc) is 2.94. The number of aromatic amines is 1. The van der Waals surface area contributed by atoms with Gasteiger partial charge in [0, 0.05) is 10.4 Å². The summed E-state index contributed by atoms with van der Waals surface area (Å²) in [6.45, 7) is 4.17. The molecular formula is C15H13Cl2N3S. The van der Waals surface area contributed by atoms with Gasteiger partial charge in [-0.25, -0.2) is 0 Å². The Morgan fingerprint density at radius 3 is 2.38 bits per heavy atom. The second-order valence-electron chi connectivity index (χ2n) is 4.81. The molecule has 3 N–H and O–H groups in total. The van der Waals surface area contributed by atoms with E-state index in [0.29, 0.717) is 21.4 Å². The first-order chi connectivity index (χ1) is 9.99. The molecule has 0 unspecified atom stereocenters. The molecule has 0 aliphatic rings. The second kappa shape index (κ2) is 5.37. The maximum atomic E-state index is 6.31. The fourth-order valence-electron chi connectivity index (χ4n) is 2.22. The molecule has 0 atom stereocenters. The zero-order valence-corrected chi connectivity index (χ0v) is 13.8. The van der Waals surface area contributed by atoms with Crippen molar-refractivity contribution in [3.63, 3.8) is 0 Å². The third-order valence-electron chi connectivity index (χ3n) is 3.42. The van der Waals surface area contributed by atoms with Crippen molar-refractivity contribution >= 4 is 40.4 Å². The summed E-state index contributed by atoms with van der Waals surface area (Å²) in [5.74, 6) is 0.392. The molecule has 0 fully saturated rings. The lowest BCUT2D eigenvalue weighted by atomic mass is 10.0. The first-order valence-electron chi connectivity index (χ1n) is 6.34. The molecule has 0 saturated carbocycles. The zero-order valence-electron chi connectivity index (χ0n) is 11.5. The number of nitrogens with two attached hydrogens (primary N) is 1. The highest BCUT2D eigenvalue weighted by molar-refractivity contribution is 7.15. The number of nitrogen functional groups attached to an aromatic ring is 1. The molecular weight excluding hydrogens is 325 g/mol. The molecule has 2 aromatic heterocycles. The number of hydrogen-bond acceptors (Lipinski definition) is 3. The molecule has 0 radical (unpaired) electrons. The van der Waals surface area contributed by atoms with Gasteiger partial charge in [-0.15, -0.1) is 11.3 Å². The van der Waals surface area contributed by atoms with E-state index in [1.54, 1.807) is 23.5 Å². The second-order valence-corrected chi connectivity index (χ2v) is 6.88. The first-order valence-corrected chi connectivity index (χ1v) is 7.92. The fraction of sp³-hybridized carbons (Fsp3) is 0.133. The molecule has 6 heteroatoms. The number of halogens is 2. The molecule has 108 valence electrons. The van der Waals surface area contributed by atoms with Crippen LogP contribution in [0.2, 0.25) is 10.0 Å². The summed E-state index contributed by atoms with van der Waals surface area (Å²) in [6.07, 6.45) is 0. The van der Waals surface area contributed by atoms with Gasteiger partial charge in [0.1, 0.15) is 0 Å². The van der Waals surface area contributed by atoms with Crippen LogP contribution in [0, 0.1) is 13.8 Å². The third kappa shape index (κ3) is 2.44. The van der Waals surface area contributed by atoms with Crippen LogP contribution in [0.4, 0.5) is 5.82 Å². The van der Waals surface area contributed by atoms with Crippen molar-refractivity contribution in [2.45, 2.75) is 13.8 Å². The number of benzene rings is 1. The molecule has 1 aromatic carbocycles. The molecule has 2 heterocycles. The summed E-state index contributed by atoms with van der Waals surface area (Å²) >= 11 is 14.3. The number of aromatic nitrogens is 2. The van der Waals surface area contributed by atoms with Crippen LogP contribution in [-0.4, -0.2) is 10.2 Å².